The molecule has 3 heterocycles. The summed E-state index contributed by atoms with van der Waals surface area (Å²) in [5, 5.41) is 0. The summed E-state index contributed by atoms with van der Waals surface area (Å²) in [5.74, 6) is -1.89. The Kier molecular flexibility index (Phi) is 9.59. The van der Waals surface area contributed by atoms with E-state index in [1.165, 1.54) is 12.7 Å². The molecule has 0 N–H and O–H groups in total. The van der Waals surface area contributed by atoms with Crippen molar-refractivity contribution in [3.05, 3.63) is 125 Å². The fourth-order valence-electron chi connectivity index (χ4n) is 5.21. The lowest BCUT2D eigenvalue weighted by atomic mass is 10.1. The standard InChI is InChI=1S/C35H31IN4O7/c1-20-4-10-23(11-5-20)33(41)44-17-27-29(46-34(42)24-12-6-21(2)7-13-24)30(47-35(43)25-14-8-22(3)9-15-25)32(45-27)40-19-39-28-26(16-36)37-18-38-31(28)40/h4-15,18-19,27,29-30,32H,16-17H2,1-3H3/t27-,29-,30-,32-/m1/s1. The fraction of sp³-hybridized carbons (Fsp3) is 0.257. The minimum absolute atomic E-state index is 0.297. The van der Waals surface area contributed by atoms with Gasteiger partial charge in [0, 0.05) is 4.43 Å². The molecule has 47 heavy (non-hydrogen) atoms. The van der Waals surface area contributed by atoms with Gasteiger partial charge >= 0.3 is 17.9 Å². The number of carbonyl (C=O) groups is 3. The molecule has 1 aliphatic rings. The second-order valence-corrected chi connectivity index (χ2v) is 12.0. The number of rotatable bonds is 9. The van der Waals surface area contributed by atoms with Crippen molar-refractivity contribution < 1.29 is 33.3 Å². The van der Waals surface area contributed by atoms with Crippen molar-refractivity contribution in [3.8, 4) is 0 Å². The Morgan fingerprint density at radius 2 is 1.23 bits per heavy atom. The van der Waals surface area contributed by atoms with Gasteiger partial charge in [0.05, 0.1) is 28.7 Å². The molecule has 1 aliphatic heterocycles. The Bertz CT molecular complexity index is 1910. The molecule has 4 atom stereocenters. The maximum absolute atomic E-state index is 13.6. The van der Waals surface area contributed by atoms with Crippen molar-refractivity contribution in [2.75, 3.05) is 6.61 Å². The summed E-state index contributed by atoms with van der Waals surface area (Å²) in [4.78, 5) is 53.4. The van der Waals surface area contributed by atoms with Crippen LogP contribution in [0.25, 0.3) is 11.2 Å². The van der Waals surface area contributed by atoms with Crippen molar-refractivity contribution in [2.24, 2.45) is 0 Å². The number of ether oxygens (including phenoxy) is 4. The van der Waals surface area contributed by atoms with Crippen LogP contribution in [0.2, 0.25) is 0 Å². The number of esters is 3. The largest absolute Gasteiger partial charge is 0.459 e. The van der Waals surface area contributed by atoms with E-state index in [1.807, 2.05) is 20.8 Å². The highest BCUT2D eigenvalue weighted by Gasteiger charge is 2.52. The van der Waals surface area contributed by atoms with Crippen LogP contribution in [0.5, 0.6) is 0 Å². The van der Waals surface area contributed by atoms with Crippen molar-refractivity contribution in [3.63, 3.8) is 0 Å². The van der Waals surface area contributed by atoms with Gasteiger partial charge in [-0.2, -0.15) is 0 Å². The molecule has 1 saturated heterocycles. The SMILES string of the molecule is Cc1ccc(C(=O)OC[C@H]2O[C@@H](n3cnc4c(CI)ncnc43)[C@H](OC(=O)c3ccc(C)cc3)[C@@H]2OC(=O)c2ccc(C)cc2)cc1. The summed E-state index contributed by atoms with van der Waals surface area (Å²) in [5.41, 5.74) is 5.59. The van der Waals surface area contributed by atoms with Gasteiger partial charge in [0.1, 0.15) is 24.6 Å². The van der Waals surface area contributed by atoms with Gasteiger partial charge in [0.15, 0.2) is 24.1 Å². The molecule has 0 aliphatic carbocycles. The molecule has 1 fully saturated rings. The van der Waals surface area contributed by atoms with Gasteiger partial charge in [-0.1, -0.05) is 75.7 Å². The predicted molar refractivity (Wildman–Crippen MR) is 179 cm³/mol. The smallest absolute Gasteiger partial charge is 0.338 e. The highest BCUT2D eigenvalue weighted by molar-refractivity contribution is 14.1. The molecule has 11 nitrogen and oxygen atoms in total. The van der Waals surface area contributed by atoms with Crippen molar-refractivity contribution >= 4 is 51.7 Å². The average Bonchev–Trinajstić information content (AvgIpc) is 3.65. The van der Waals surface area contributed by atoms with Gasteiger partial charge in [-0.25, -0.2) is 29.3 Å². The zero-order valence-electron chi connectivity index (χ0n) is 25.8. The number of imidazole rings is 1. The fourth-order valence-corrected chi connectivity index (χ4v) is 5.77. The number of aromatic nitrogens is 4. The number of benzene rings is 3. The molecular weight excluding hydrogens is 715 g/mol. The van der Waals surface area contributed by atoms with Gasteiger partial charge in [-0.05, 0) is 57.2 Å². The third kappa shape index (κ3) is 7.03. The molecule has 0 amide bonds. The van der Waals surface area contributed by atoms with E-state index in [4.69, 9.17) is 18.9 Å². The highest BCUT2D eigenvalue weighted by atomic mass is 127. The van der Waals surface area contributed by atoms with Crippen molar-refractivity contribution in [2.45, 2.75) is 49.7 Å². The number of halogens is 1. The van der Waals surface area contributed by atoms with Crippen LogP contribution in [-0.2, 0) is 23.4 Å². The molecule has 2 aromatic heterocycles. The molecule has 3 aromatic carbocycles. The molecule has 0 spiro atoms. The summed E-state index contributed by atoms with van der Waals surface area (Å²) in [6.45, 7) is 5.44. The lowest BCUT2D eigenvalue weighted by Gasteiger charge is -2.25. The zero-order valence-corrected chi connectivity index (χ0v) is 28.0. The molecule has 5 aromatic rings. The van der Waals surface area contributed by atoms with E-state index in [1.54, 1.807) is 77.4 Å². The topological polar surface area (TPSA) is 132 Å². The number of aryl methyl sites for hydroxylation is 3. The molecule has 0 unspecified atom stereocenters. The third-order valence-electron chi connectivity index (χ3n) is 7.85. The number of alkyl halides is 1. The maximum Gasteiger partial charge on any atom is 0.338 e. The zero-order chi connectivity index (χ0) is 33.1. The maximum atomic E-state index is 13.6. The average molecular weight is 747 g/mol. The number of carbonyl (C=O) groups excluding carboxylic acids is 3. The van der Waals surface area contributed by atoms with E-state index in [9.17, 15) is 14.4 Å². The summed E-state index contributed by atoms with van der Waals surface area (Å²) < 4.78 is 26.5. The van der Waals surface area contributed by atoms with Gasteiger partial charge in [-0.15, -0.1) is 0 Å². The van der Waals surface area contributed by atoms with Crippen LogP contribution in [0, 0.1) is 20.8 Å². The van der Waals surface area contributed by atoms with Gasteiger partial charge in [-0.3, -0.25) is 4.57 Å². The van der Waals surface area contributed by atoms with Crippen LogP contribution in [-0.4, -0.2) is 62.3 Å². The van der Waals surface area contributed by atoms with E-state index in [0.29, 0.717) is 38.0 Å². The molecule has 0 bridgehead atoms. The lowest BCUT2D eigenvalue weighted by Crippen LogP contribution is -2.41. The Morgan fingerprint density at radius 1 is 0.723 bits per heavy atom. The van der Waals surface area contributed by atoms with E-state index >= 15 is 0 Å². The minimum Gasteiger partial charge on any atom is -0.459 e. The predicted octanol–water partition coefficient (Wildman–Crippen LogP) is 5.89. The summed E-state index contributed by atoms with van der Waals surface area (Å²) in [6, 6.07) is 20.7. The number of fused-ring (bicyclic) bond motifs is 1. The number of nitrogens with zero attached hydrogens (tertiary/aromatic N) is 4. The van der Waals surface area contributed by atoms with Gasteiger partial charge in [0.25, 0.3) is 0 Å². The molecule has 0 saturated carbocycles. The Hall–Kier alpha value is -4.69. The minimum atomic E-state index is -1.18. The number of hydrogen-bond donors (Lipinski definition) is 0. The Labute approximate surface area is 284 Å². The quantitative estimate of drug-likeness (QED) is 0.0779. The molecule has 0 radical (unpaired) electrons. The first-order valence-corrected chi connectivity index (χ1v) is 16.4. The van der Waals surface area contributed by atoms with E-state index in [-0.39, 0.29) is 6.61 Å². The third-order valence-corrected chi connectivity index (χ3v) is 8.57. The number of hydrogen-bond acceptors (Lipinski definition) is 10. The summed E-state index contributed by atoms with van der Waals surface area (Å²) >= 11 is 2.19. The van der Waals surface area contributed by atoms with Crippen molar-refractivity contribution in [1.29, 1.82) is 0 Å². The Morgan fingerprint density at radius 3 is 1.77 bits per heavy atom. The normalized spacial score (nSPS) is 19.0. The lowest BCUT2D eigenvalue weighted by molar-refractivity contribution is -0.0606. The van der Waals surface area contributed by atoms with Crippen LogP contribution >= 0.6 is 22.6 Å². The molecule has 12 heteroatoms. The van der Waals surface area contributed by atoms with E-state index in [2.05, 4.69) is 37.5 Å². The van der Waals surface area contributed by atoms with Crippen LogP contribution in [0.1, 0.15) is 59.7 Å². The Balaban J connectivity index is 1.38. The van der Waals surface area contributed by atoms with Crippen LogP contribution in [0.15, 0.2) is 85.5 Å². The monoisotopic (exact) mass is 746 g/mol. The van der Waals surface area contributed by atoms with Gasteiger partial charge < -0.3 is 18.9 Å². The van der Waals surface area contributed by atoms with Crippen molar-refractivity contribution in [1.82, 2.24) is 19.5 Å². The van der Waals surface area contributed by atoms with Gasteiger partial charge in [0.2, 0.25) is 0 Å². The second kappa shape index (κ2) is 14.0. The summed E-state index contributed by atoms with van der Waals surface area (Å²) in [7, 11) is 0. The first-order chi connectivity index (χ1) is 22.7. The second-order valence-electron chi connectivity index (χ2n) is 11.3. The highest BCUT2D eigenvalue weighted by Crippen LogP contribution is 2.37. The van der Waals surface area contributed by atoms with Crippen LogP contribution in [0.4, 0.5) is 0 Å². The first-order valence-electron chi connectivity index (χ1n) is 14.9. The summed E-state index contributed by atoms with van der Waals surface area (Å²) in [6.07, 6.45) is -1.50. The first kappa shape index (κ1) is 32.3. The van der Waals surface area contributed by atoms with Crippen LogP contribution < -0.4 is 0 Å². The van der Waals surface area contributed by atoms with E-state index in [0.717, 1.165) is 16.7 Å². The molecule has 6 rings (SSSR count). The molecule has 240 valence electrons. The molecular formula is C35H31IN4O7. The van der Waals surface area contributed by atoms with E-state index < -0.39 is 42.4 Å². The van der Waals surface area contributed by atoms with Crippen LogP contribution in [0.3, 0.4) is 0 Å².